The fraction of sp³-hybridized carbons (Fsp3) is 0.667. The molecule has 0 aliphatic heterocycles. The van der Waals surface area contributed by atoms with Gasteiger partial charge in [-0.3, -0.25) is 9.97 Å². The third-order valence-corrected chi connectivity index (χ3v) is 3.30. The number of hydrogen-bond donors (Lipinski definition) is 0. The normalized spacial score (nSPS) is 14.0. The summed E-state index contributed by atoms with van der Waals surface area (Å²) in [7, 11) is 0. The van der Waals surface area contributed by atoms with Crippen LogP contribution in [0.25, 0.3) is 0 Å². The quantitative estimate of drug-likeness (QED) is 0.724. The van der Waals surface area contributed by atoms with Crippen LogP contribution in [-0.4, -0.2) is 15.3 Å². The van der Waals surface area contributed by atoms with E-state index in [1.807, 2.05) is 13.8 Å². The summed E-state index contributed by atoms with van der Waals surface area (Å²) < 4.78 is 0. The van der Waals surface area contributed by atoms with Gasteiger partial charge >= 0.3 is 0 Å². The SMILES string of the molecule is Cc1cnc(C)c(CC(Cl)C(C)(C)C)n1. The number of alkyl halides is 1. The van der Waals surface area contributed by atoms with Crippen molar-refractivity contribution in [1.82, 2.24) is 9.97 Å². The van der Waals surface area contributed by atoms with E-state index in [9.17, 15) is 0 Å². The zero-order valence-corrected chi connectivity index (χ0v) is 10.9. The molecule has 0 saturated heterocycles. The molecule has 84 valence electrons. The molecule has 0 bridgehead atoms. The van der Waals surface area contributed by atoms with Gasteiger partial charge in [-0.2, -0.15) is 0 Å². The van der Waals surface area contributed by atoms with E-state index in [1.54, 1.807) is 6.20 Å². The maximum atomic E-state index is 6.35. The second kappa shape index (κ2) is 4.48. The third-order valence-electron chi connectivity index (χ3n) is 2.49. The first-order chi connectivity index (χ1) is 6.80. The Morgan fingerprint density at radius 2 is 1.93 bits per heavy atom. The predicted molar refractivity (Wildman–Crippen MR) is 64.3 cm³/mol. The molecule has 0 aliphatic rings. The van der Waals surface area contributed by atoms with E-state index in [0.717, 1.165) is 23.5 Å². The second-order valence-electron chi connectivity index (χ2n) is 5.08. The minimum absolute atomic E-state index is 0.0901. The zero-order valence-electron chi connectivity index (χ0n) is 10.1. The van der Waals surface area contributed by atoms with Crippen molar-refractivity contribution in [2.45, 2.75) is 46.4 Å². The average molecular weight is 227 g/mol. The molecule has 1 heterocycles. The lowest BCUT2D eigenvalue weighted by Gasteiger charge is -2.25. The molecule has 1 aromatic rings. The fourth-order valence-corrected chi connectivity index (χ4v) is 1.40. The van der Waals surface area contributed by atoms with Gasteiger partial charge in [0.05, 0.1) is 17.1 Å². The molecule has 1 aromatic heterocycles. The third kappa shape index (κ3) is 3.45. The van der Waals surface area contributed by atoms with E-state index in [0.29, 0.717) is 0 Å². The van der Waals surface area contributed by atoms with Crippen molar-refractivity contribution in [2.24, 2.45) is 5.41 Å². The van der Waals surface area contributed by atoms with Gasteiger partial charge in [-0.05, 0) is 19.3 Å². The Kier molecular flexibility index (Phi) is 3.72. The zero-order chi connectivity index (χ0) is 11.6. The van der Waals surface area contributed by atoms with E-state index in [1.165, 1.54) is 0 Å². The van der Waals surface area contributed by atoms with Crippen molar-refractivity contribution in [3.05, 3.63) is 23.3 Å². The summed E-state index contributed by atoms with van der Waals surface area (Å²) in [6.07, 6.45) is 2.57. The number of halogens is 1. The lowest BCUT2D eigenvalue weighted by Crippen LogP contribution is -2.24. The number of rotatable bonds is 2. The molecular formula is C12H19ClN2. The van der Waals surface area contributed by atoms with Crippen molar-refractivity contribution < 1.29 is 0 Å². The topological polar surface area (TPSA) is 25.8 Å². The van der Waals surface area contributed by atoms with Crippen LogP contribution in [0.1, 0.15) is 37.9 Å². The molecule has 0 radical (unpaired) electrons. The van der Waals surface area contributed by atoms with Crippen molar-refractivity contribution in [2.75, 3.05) is 0 Å². The van der Waals surface area contributed by atoms with Crippen LogP contribution in [0.2, 0.25) is 0 Å². The van der Waals surface area contributed by atoms with Gasteiger partial charge in [0.15, 0.2) is 0 Å². The van der Waals surface area contributed by atoms with Crippen LogP contribution in [0.4, 0.5) is 0 Å². The summed E-state index contributed by atoms with van der Waals surface area (Å²) in [5.74, 6) is 0. The summed E-state index contributed by atoms with van der Waals surface area (Å²) in [4.78, 5) is 8.77. The number of hydrogen-bond acceptors (Lipinski definition) is 2. The first-order valence-electron chi connectivity index (χ1n) is 5.24. The second-order valence-corrected chi connectivity index (χ2v) is 5.61. The highest BCUT2D eigenvalue weighted by molar-refractivity contribution is 6.21. The summed E-state index contributed by atoms with van der Waals surface area (Å²) >= 11 is 6.35. The average Bonchev–Trinajstić information content (AvgIpc) is 2.09. The Morgan fingerprint density at radius 3 is 2.47 bits per heavy atom. The van der Waals surface area contributed by atoms with Crippen molar-refractivity contribution in [3.63, 3.8) is 0 Å². The standard InChI is InChI=1S/C12H19ClN2/c1-8-7-14-9(2)10(15-8)6-11(13)12(3,4)5/h7,11H,6H2,1-5H3. The monoisotopic (exact) mass is 226 g/mol. The maximum absolute atomic E-state index is 6.35. The molecule has 2 nitrogen and oxygen atoms in total. The Bertz CT molecular complexity index is 342. The lowest BCUT2D eigenvalue weighted by molar-refractivity contribution is 0.384. The molecule has 1 unspecified atom stereocenters. The van der Waals surface area contributed by atoms with Crippen LogP contribution in [-0.2, 0) is 6.42 Å². The van der Waals surface area contributed by atoms with Gasteiger partial charge in [-0.25, -0.2) is 0 Å². The summed E-state index contributed by atoms with van der Waals surface area (Å²) in [5.41, 5.74) is 3.05. The van der Waals surface area contributed by atoms with Crippen LogP contribution < -0.4 is 0 Å². The van der Waals surface area contributed by atoms with Crippen LogP contribution in [0.15, 0.2) is 6.20 Å². The molecule has 0 spiro atoms. The summed E-state index contributed by atoms with van der Waals surface area (Å²) in [6, 6.07) is 0. The molecule has 0 aromatic carbocycles. The Hall–Kier alpha value is -0.630. The van der Waals surface area contributed by atoms with Gasteiger partial charge in [-0.1, -0.05) is 20.8 Å². The smallest absolute Gasteiger partial charge is 0.0633 e. The first-order valence-corrected chi connectivity index (χ1v) is 5.67. The molecule has 0 fully saturated rings. The molecule has 0 saturated carbocycles. The number of nitrogens with zero attached hydrogens (tertiary/aromatic N) is 2. The molecule has 15 heavy (non-hydrogen) atoms. The lowest BCUT2D eigenvalue weighted by atomic mass is 9.89. The van der Waals surface area contributed by atoms with Gasteiger partial charge in [0.1, 0.15) is 0 Å². The minimum Gasteiger partial charge on any atom is -0.258 e. The van der Waals surface area contributed by atoms with Crippen molar-refractivity contribution in [1.29, 1.82) is 0 Å². The molecule has 3 heteroatoms. The van der Waals surface area contributed by atoms with E-state index in [2.05, 4.69) is 30.7 Å². The van der Waals surface area contributed by atoms with Gasteiger partial charge in [0.25, 0.3) is 0 Å². The van der Waals surface area contributed by atoms with E-state index in [-0.39, 0.29) is 10.8 Å². The fourth-order valence-electron chi connectivity index (χ4n) is 1.26. The van der Waals surface area contributed by atoms with Gasteiger partial charge < -0.3 is 0 Å². The molecule has 0 aliphatic carbocycles. The Morgan fingerprint density at radius 1 is 1.33 bits per heavy atom. The Labute approximate surface area is 97.1 Å². The van der Waals surface area contributed by atoms with Crippen LogP contribution in [0.5, 0.6) is 0 Å². The van der Waals surface area contributed by atoms with E-state index < -0.39 is 0 Å². The number of aromatic nitrogens is 2. The van der Waals surface area contributed by atoms with Gasteiger partial charge in [0.2, 0.25) is 0 Å². The molecule has 0 N–H and O–H groups in total. The first kappa shape index (κ1) is 12.4. The Balaban J connectivity index is 2.85. The van der Waals surface area contributed by atoms with Crippen LogP contribution in [0.3, 0.4) is 0 Å². The van der Waals surface area contributed by atoms with Gasteiger partial charge in [-0.15, -0.1) is 11.6 Å². The van der Waals surface area contributed by atoms with Crippen LogP contribution >= 0.6 is 11.6 Å². The largest absolute Gasteiger partial charge is 0.258 e. The van der Waals surface area contributed by atoms with Crippen molar-refractivity contribution in [3.8, 4) is 0 Å². The van der Waals surface area contributed by atoms with Gasteiger partial charge in [0, 0.05) is 18.0 Å². The summed E-state index contributed by atoms with van der Waals surface area (Å²) in [6.45, 7) is 10.4. The highest BCUT2D eigenvalue weighted by Crippen LogP contribution is 2.27. The number of aryl methyl sites for hydroxylation is 2. The maximum Gasteiger partial charge on any atom is 0.0633 e. The molecule has 1 rings (SSSR count). The van der Waals surface area contributed by atoms with Crippen molar-refractivity contribution >= 4 is 11.6 Å². The molecular weight excluding hydrogens is 208 g/mol. The minimum atomic E-state index is 0.0901. The highest BCUT2D eigenvalue weighted by atomic mass is 35.5. The molecule has 1 atom stereocenters. The van der Waals surface area contributed by atoms with E-state index >= 15 is 0 Å². The van der Waals surface area contributed by atoms with Crippen LogP contribution in [0, 0.1) is 19.3 Å². The predicted octanol–water partition coefficient (Wildman–Crippen LogP) is 3.29. The van der Waals surface area contributed by atoms with E-state index in [4.69, 9.17) is 11.6 Å². The molecule has 0 amide bonds. The highest BCUT2D eigenvalue weighted by Gasteiger charge is 2.23. The summed E-state index contributed by atoms with van der Waals surface area (Å²) in [5, 5.41) is 0.0901.